The summed E-state index contributed by atoms with van der Waals surface area (Å²) in [5.41, 5.74) is 6.13. The molecule has 0 aliphatic carbocycles. The molecule has 106 valence electrons. The maximum atomic E-state index is 12.5. The predicted octanol–water partition coefficient (Wildman–Crippen LogP) is -1.23. The lowest BCUT2D eigenvalue weighted by molar-refractivity contribution is -0.132. The highest BCUT2D eigenvalue weighted by Gasteiger charge is 2.35. The number of aryl methyl sites for hydroxylation is 1. The van der Waals surface area contributed by atoms with Gasteiger partial charge < -0.3 is 10.6 Å². The minimum atomic E-state index is -3.78. The van der Waals surface area contributed by atoms with Crippen LogP contribution in [-0.4, -0.2) is 60.0 Å². The quantitative estimate of drug-likeness (QED) is 0.734. The largest absolute Gasteiger partial charge is 0.381 e. The average Bonchev–Trinajstić information content (AvgIpc) is 2.57. The molecule has 0 spiro atoms. The van der Waals surface area contributed by atoms with Crippen LogP contribution in [0.5, 0.6) is 0 Å². The standard InChI is InChI=1S/C10H17N5O3S/c1-7-9(10(11)12-14(7)3)19(17,18)15-5-4-13(2)8(16)6-15/h4-6H2,1-3H3,(H2,11,12). The molecule has 0 saturated carbocycles. The number of piperazine rings is 1. The van der Waals surface area contributed by atoms with E-state index in [1.807, 2.05) is 0 Å². The van der Waals surface area contributed by atoms with Gasteiger partial charge in [0.05, 0.1) is 12.2 Å². The fourth-order valence-corrected chi connectivity index (χ4v) is 3.68. The number of hydrogen-bond donors (Lipinski definition) is 1. The molecule has 1 amide bonds. The fraction of sp³-hybridized carbons (Fsp3) is 0.600. The number of likely N-dealkylation sites (N-methyl/N-ethyl adjacent to an activating group) is 1. The summed E-state index contributed by atoms with van der Waals surface area (Å²) < 4.78 is 27.6. The van der Waals surface area contributed by atoms with E-state index in [-0.39, 0.29) is 29.7 Å². The van der Waals surface area contributed by atoms with Gasteiger partial charge in [0.25, 0.3) is 0 Å². The zero-order chi connectivity index (χ0) is 14.4. The number of rotatable bonds is 2. The number of anilines is 1. The number of sulfonamides is 1. The van der Waals surface area contributed by atoms with E-state index in [1.54, 1.807) is 21.0 Å². The fourth-order valence-electron chi connectivity index (χ4n) is 2.00. The Labute approximate surface area is 111 Å². The third-order valence-corrected chi connectivity index (χ3v) is 5.34. The first-order valence-corrected chi connectivity index (χ1v) is 7.22. The highest BCUT2D eigenvalue weighted by Crippen LogP contribution is 2.25. The van der Waals surface area contributed by atoms with E-state index in [0.29, 0.717) is 12.2 Å². The molecule has 0 aromatic carbocycles. The Morgan fingerprint density at radius 1 is 1.26 bits per heavy atom. The van der Waals surface area contributed by atoms with Gasteiger partial charge in [-0.05, 0) is 6.92 Å². The Morgan fingerprint density at radius 2 is 1.89 bits per heavy atom. The van der Waals surface area contributed by atoms with Crippen LogP contribution in [0, 0.1) is 6.92 Å². The highest BCUT2D eigenvalue weighted by molar-refractivity contribution is 7.89. The molecule has 0 bridgehead atoms. The SMILES string of the molecule is Cc1c(S(=O)(=O)N2CCN(C)C(=O)C2)c(N)nn1C. The minimum Gasteiger partial charge on any atom is -0.381 e. The number of hydrogen-bond acceptors (Lipinski definition) is 5. The van der Waals surface area contributed by atoms with Gasteiger partial charge in [0.1, 0.15) is 4.90 Å². The van der Waals surface area contributed by atoms with Crippen LogP contribution in [-0.2, 0) is 21.9 Å². The number of nitrogens with zero attached hydrogens (tertiary/aromatic N) is 4. The van der Waals surface area contributed by atoms with Crippen molar-refractivity contribution in [3.8, 4) is 0 Å². The first-order valence-electron chi connectivity index (χ1n) is 5.78. The van der Waals surface area contributed by atoms with Crippen molar-refractivity contribution in [2.45, 2.75) is 11.8 Å². The Hall–Kier alpha value is -1.61. The smallest absolute Gasteiger partial charge is 0.249 e. The van der Waals surface area contributed by atoms with Crippen molar-refractivity contribution >= 4 is 21.7 Å². The lowest BCUT2D eigenvalue weighted by atomic mass is 10.4. The van der Waals surface area contributed by atoms with E-state index < -0.39 is 10.0 Å². The monoisotopic (exact) mass is 287 g/mol. The van der Waals surface area contributed by atoms with Gasteiger partial charge in [-0.15, -0.1) is 0 Å². The van der Waals surface area contributed by atoms with Crippen LogP contribution in [0.15, 0.2) is 4.90 Å². The van der Waals surface area contributed by atoms with Crippen LogP contribution in [0.1, 0.15) is 5.69 Å². The lowest BCUT2D eigenvalue weighted by Gasteiger charge is -2.31. The van der Waals surface area contributed by atoms with Crippen molar-refractivity contribution < 1.29 is 13.2 Å². The Morgan fingerprint density at radius 3 is 2.37 bits per heavy atom. The minimum absolute atomic E-state index is 0.00708. The molecule has 0 atom stereocenters. The van der Waals surface area contributed by atoms with Crippen molar-refractivity contribution in [1.82, 2.24) is 19.0 Å². The van der Waals surface area contributed by atoms with E-state index in [2.05, 4.69) is 5.10 Å². The van der Waals surface area contributed by atoms with Gasteiger partial charge in [0.15, 0.2) is 5.82 Å². The second-order valence-corrected chi connectivity index (χ2v) is 6.45. The van der Waals surface area contributed by atoms with E-state index in [1.165, 1.54) is 9.58 Å². The molecule has 2 heterocycles. The number of nitrogens with two attached hydrogens (primary N) is 1. The first kappa shape index (κ1) is 13.8. The van der Waals surface area contributed by atoms with Crippen LogP contribution >= 0.6 is 0 Å². The molecule has 2 rings (SSSR count). The van der Waals surface area contributed by atoms with Gasteiger partial charge in [-0.3, -0.25) is 9.48 Å². The Bertz CT molecular complexity index is 621. The molecule has 19 heavy (non-hydrogen) atoms. The van der Waals surface area contributed by atoms with Crippen LogP contribution in [0.3, 0.4) is 0 Å². The molecule has 1 aromatic heterocycles. The van der Waals surface area contributed by atoms with Gasteiger partial charge in [0, 0.05) is 27.2 Å². The first-order chi connectivity index (χ1) is 8.75. The van der Waals surface area contributed by atoms with Crippen molar-refractivity contribution in [2.75, 3.05) is 32.4 Å². The summed E-state index contributed by atoms with van der Waals surface area (Å²) in [6, 6.07) is 0. The average molecular weight is 287 g/mol. The number of nitrogen functional groups attached to an aromatic ring is 1. The van der Waals surface area contributed by atoms with Crippen molar-refractivity contribution in [3.63, 3.8) is 0 Å². The summed E-state index contributed by atoms with van der Waals surface area (Å²) in [7, 11) is -0.508. The van der Waals surface area contributed by atoms with Crippen LogP contribution in [0.2, 0.25) is 0 Å². The van der Waals surface area contributed by atoms with Gasteiger partial charge >= 0.3 is 0 Å². The van der Waals surface area contributed by atoms with Crippen molar-refractivity contribution in [3.05, 3.63) is 5.69 Å². The summed E-state index contributed by atoms with van der Waals surface area (Å²) in [4.78, 5) is 13.1. The Balaban J connectivity index is 2.41. The van der Waals surface area contributed by atoms with Gasteiger partial charge in [-0.1, -0.05) is 0 Å². The molecule has 1 aromatic rings. The molecule has 1 fully saturated rings. The molecule has 0 radical (unpaired) electrons. The molecule has 1 aliphatic heterocycles. The third kappa shape index (κ3) is 2.19. The summed E-state index contributed by atoms with van der Waals surface area (Å²) in [6.07, 6.45) is 0. The molecular weight excluding hydrogens is 270 g/mol. The van der Waals surface area contributed by atoms with Gasteiger partial charge in [-0.2, -0.15) is 9.40 Å². The van der Waals surface area contributed by atoms with Crippen molar-refractivity contribution in [1.29, 1.82) is 0 Å². The molecular formula is C10H17N5O3S. The molecule has 1 saturated heterocycles. The van der Waals surface area contributed by atoms with E-state index in [9.17, 15) is 13.2 Å². The van der Waals surface area contributed by atoms with Gasteiger partial charge in [0.2, 0.25) is 15.9 Å². The normalized spacial score (nSPS) is 18.1. The van der Waals surface area contributed by atoms with E-state index in [0.717, 1.165) is 4.31 Å². The zero-order valence-electron chi connectivity index (χ0n) is 11.1. The number of carbonyl (C=O) groups excluding carboxylic acids is 1. The summed E-state index contributed by atoms with van der Waals surface area (Å²) in [6.45, 7) is 2.11. The van der Waals surface area contributed by atoms with Gasteiger partial charge in [-0.25, -0.2) is 8.42 Å². The third-order valence-electron chi connectivity index (χ3n) is 3.32. The maximum Gasteiger partial charge on any atom is 0.249 e. The molecule has 8 nitrogen and oxygen atoms in total. The number of aromatic nitrogens is 2. The molecule has 0 unspecified atom stereocenters. The Kier molecular flexibility index (Phi) is 3.27. The summed E-state index contributed by atoms with van der Waals surface area (Å²) in [5.74, 6) is -0.263. The van der Waals surface area contributed by atoms with Crippen LogP contribution in [0.4, 0.5) is 5.82 Å². The molecule has 9 heteroatoms. The predicted molar refractivity (Wildman–Crippen MR) is 68.8 cm³/mol. The topological polar surface area (TPSA) is 102 Å². The zero-order valence-corrected chi connectivity index (χ0v) is 11.9. The molecule has 1 aliphatic rings. The lowest BCUT2D eigenvalue weighted by Crippen LogP contribution is -2.50. The van der Waals surface area contributed by atoms with E-state index >= 15 is 0 Å². The maximum absolute atomic E-state index is 12.5. The summed E-state index contributed by atoms with van der Waals surface area (Å²) in [5, 5.41) is 3.90. The van der Waals surface area contributed by atoms with Crippen LogP contribution in [0.25, 0.3) is 0 Å². The highest BCUT2D eigenvalue weighted by atomic mass is 32.2. The second-order valence-electron chi connectivity index (χ2n) is 4.58. The number of carbonyl (C=O) groups is 1. The van der Waals surface area contributed by atoms with E-state index in [4.69, 9.17) is 5.73 Å². The van der Waals surface area contributed by atoms with Crippen LogP contribution < -0.4 is 5.73 Å². The number of amides is 1. The van der Waals surface area contributed by atoms with Crippen molar-refractivity contribution in [2.24, 2.45) is 7.05 Å². The molecule has 2 N–H and O–H groups in total. The second kappa shape index (κ2) is 4.49. The summed E-state index contributed by atoms with van der Waals surface area (Å²) >= 11 is 0.